The molecule has 0 aromatic heterocycles. The van der Waals surface area contributed by atoms with Crippen molar-refractivity contribution in [2.45, 2.75) is 93.9 Å². The molecule has 196 valence electrons. The monoisotopic (exact) mass is 484 g/mol. The van der Waals surface area contributed by atoms with Crippen LogP contribution in [0.5, 0.6) is 0 Å². The predicted octanol–water partition coefficient (Wildman–Crippen LogP) is 12.0. The third kappa shape index (κ3) is 9.30. The molecule has 4 rings (SSSR count). The molecule has 36 heavy (non-hydrogen) atoms. The van der Waals surface area contributed by atoms with Gasteiger partial charge in [-0.3, -0.25) is 0 Å². The van der Waals surface area contributed by atoms with Gasteiger partial charge in [0.05, 0.1) is 0 Å². The summed E-state index contributed by atoms with van der Waals surface area (Å²) in [6.45, 7) is 30.5. The van der Waals surface area contributed by atoms with Gasteiger partial charge in [-0.1, -0.05) is 128 Å². The minimum Gasteiger partial charge on any atom is -0.103 e. The van der Waals surface area contributed by atoms with Gasteiger partial charge in [0.2, 0.25) is 0 Å². The molecule has 0 heteroatoms. The number of benzene rings is 3. The smallest absolute Gasteiger partial charge is 0.0152 e. The van der Waals surface area contributed by atoms with Crippen LogP contribution in [0.4, 0.5) is 0 Å². The van der Waals surface area contributed by atoms with E-state index in [4.69, 9.17) is 0 Å². The second kappa shape index (κ2) is 16.7. The Bertz CT molecular complexity index is 1100. The van der Waals surface area contributed by atoms with E-state index in [1.54, 1.807) is 6.08 Å². The van der Waals surface area contributed by atoms with E-state index in [2.05, 4.69) is 109 Å². The lowest BCUT2D eigenvalue weighted by atomic mass is 9.92. The number of rotatable bonds is 3. The fraction of sp³-hybridized carbons (Fsp3) is 0.389. The SMILES string of the molecule is C/C=C/C.C=C(C)C(C)c1ccc2cc(-c3ccc4c(c3)C4(C)C)ccc2c1.C=CC.CC.CCC. The van der Waals surface area contributed by atoms with Crippen LogP contribution in [0.3, 0.4) is 0 Å². The largest absolute Gasteiger partial charge is 0.103 e. The van der Waals surface area contributed by atoms with E-state index >= 15 is 0 Å². The zero-order valence-corrected chi connectivity index (χ0v) is 25.1. The first-order chi connectivity index (χ1) is 17.1. The normalized spacial score (nSPS) is 12.6. The van der Waals surface area contributed by atoms with Crippen molar-refractivity contribution in [3.8, 4) is 11.1 Å². The van der Waals surface area contributed by atoms with Gasteiger partial charge in [0.15, 0.2) is 0 Å². The van der Waals surface area contributed by atoms with Crippen LogP contribution in [0.2, 0.25) is 0 Å². The lowest BCUT2D eigenvalue weighted by molar-refractivity contribution is 0.793. The third-order valence-corrected chi connectivity index (χ3v) is 6.07. The second-order valence-corrected chi connectivity index (χ2v) is 9.56. The maximum atomic E-state index is 4.09. The number of hydrogen-bond donors (Lipinski definition) is 0. The number of fused-ring (bicyclic) bond motifs is 2. The van der Waals surface area contributed by atoms with Crippen molar-refractivity contribution in [2.24, 2.45) is 0 Å². The summed E-state index contributed by atoms with van der Waals surface area (Å²) in [5.41, 5.74) is 8.43. The van der Waals surface area contributed by atoms with Crippen molar-refractivity contribution in [1.82, 2.24) is 0 Å². The van der Waals surface area contributed by atoms with Gasteiger partial charge in [-0.15, -0.1) is 6.58 Å². The molecule has 0 bridgehead atoms. The van der Waals surface area contributed by atoms with Gasteiger partial charge in [0.25, 0.3) is 0 Å². The minimum absolute atomic E-state index is 0.280. The van der Waals surface area contributed by atoms with Crippen LogP contribution in [0.1, 0.15) is 105 Å². The van der Waals surface area contributed by atoms with Crippen LogP contribution in [0, 0.1) is 0 Å². The first-order valence-corrected chi connectivity index (χ1v) is 13.6. The van der Waals surface area contributed by atoms with Gasteiger partial charge >= 0.3 is 0 Å². The Morgan fingerprint density at radius 2 is 1.25 bits per heavy atom. The quantitative estimate of drug-likeness (QED) is 0.324. The summed E-state index contributed by atoms with van der Waals surface area (Å²) in [6.07, 6.45) is 7.00. The van der Waals surface area contributed by atoms with Gasteiger partial charge in [0.1, 0.15) is 0 Å². The van der Waals surface area contributed by atoms with Crippen molar-refractivity contribution >= 4 is 10.8 Å². The summed E-state index contributed by atoms with van der Waals surface area (Å²) < 4.78 is 0. The van der Waals surface area contributed by atoms with Crippen LogP contribution in [-0.2, 0) is 5.41 Å². The van der Waals surface area contributed by atoms with Crippen LogP contribution in [-0.4, -0.2) is 0 Å². The van der Waals surface area contributed by atoms with E-state index in [1.807, 2.05) is 46.8 Å². The highest BCUT2D eigenvalue weighted by atomic mass is 14.4. The van der Waals surface area contributed by atoms with E-state index in [1.165, 1.54) is 50.6 Å². The molecule has 3 aromatic carbocycles. The molecule has 0 radical (unpaired) electrons. The lowest BCUT2D eigenvalue weighted by Crippen LogP contribution is -1.93. The van der Waals surface area contributed by atoms with Crippen LogP contribution in [0.15, 0.2) is 91.6 Å². The topological polar surface area (TPSA) is 0 Å². The summed E-state index contributed by atoms with van der Waals surface area (Å²) in [7, 11) is 0. The van der Waals surface area contributed by atoms with Gasteiger partial charge in [-0.05, 0) is 78.4 Å². The van der Waals surface area contributed by atoms with Crippen LogP contribution >= 0.6 is 0 Å². The molecule has 1 aliphatic carbocycles. The van der Waals surface area contributed by atoms with Gasteiger partial charge in [0, 0.05) is 11.3 Å². The molecule has 0 amide bonds. The summed E-state index contributed by atoms with van der Waals surface area (Å²) >= 11 is 0. The average Bonchev–Trinajstić information content (AvgIpc) is 3.44. The zero-order valence-electron chi connectivity index (χ0n) is 25.1. The first kappa shape index (κ1) is 33.1. The molecule has 1 aliphatic rings. The maximum absolute atomic E-state index is 4.09. The first-order valence-electron chi connectivity index (χ1n) is 13.6. The van der Waals surface area contributed by atoms with Crippen molar-refractivity contribution in [3.05, 3.63) is 108 Å². The standard InChI is InChI=1S/C24H24.C4H8.C3H8.C3H6.C2H6/c1-15(2)16(3)17-6-7-19-13-20(9-8-18(19)12-17)21-10-11-22-23(14-21)24(22,4)5;1-3-4-2;2*1-3-2;1-2/h6-14,16H,1H2,2-5H3;3-4H,1-2H3;3H2,1-2H3;3H,1H2,2H3;1-2H3/b;4-3+;;;. The lowest BCUT2D eigenvalue weighted by Gasteiger charge is -2.13. The van der Waals surface area contributed by atoms with E-state index < -0.39 is 0 Å². The molecule has 0 saturated carbocycles. The molecule has 1 unspecified atom stereocenters. The van der Waals surface area contributed by atoms with Crippen molar-refractivity contribution in [1.29, 1.82) is 0 Å². The fourth-order valence-corrected chi connectivity index (χ4v) is 3.64. The Hall–Kier alpha value is -2.86. The molecule has 0 saturated heterocycles. The van der Waals surface area contributed by atoms with E-state index in [0.29, 0.717) is 5.92 Å². The number of allylic oxidation sites excluding steroid dienone is 4. The Kier molecular flexibility index (Phi) is 15.4. The minimum atomic E-state index is 0.280. The summed E-state index contributed by atoms with van der Waals surface area (Å²) in [5.74, 6) is 0.403. The van der Waals surface area contributed by atoms with E-state index in [-0.39, 0.29) is 5.41 Å². The van der Waals surface area contributed by atoms with Crippen molar-refractivity contribution in [3.63, 3.8) is 0 Å². The molecule has 0 aliphatic heterocycles. The Labute approximate surface area is 223 Å². The van der Waals surface area contributed by atoms with Crippen LogP contribution < -0.4 is 0 Å². The van der Waals surface area contributed by atoms with E-state index in [0.717, 1.165) is 0 Å². The van der Waals surface area contributed by atoms with Crippen LogP contribution in [0.25, 0.3) is 21.9 Å². The Balaban J connectivity index is 0.000000873. The molecule has 0 heterocycles. The molecule has 3 aromatic rings. The highest BCUT2D eigenvalue weighted by molar-refractivity contribution is 5.88. The van der Waals surface area contributed by atoms with Crippen molar-refractivity contribution in [2.75, 3.05) is 0 Å². The predicted molar refractivity (Wildman–Crippen MR) is 168 cm³/mol. The molecule has 0 fully saturated rings. The maximum Gasteiger partial charge on any atom is 0.0152 e. The number of hydrogen-bond acceptors (Lipinski definition) is 0. The fourth-order valence-electron chi connectivity index (χ4n) is 3.64. The summed E-state index contributed by atoms with van der Waals surface area (Å²) in [5, 5.41) is 2.60. The van der Waals surface area contributed by atoms with Gasteiger partial charge in [-0.25, -0.2) is 0 Å². The molecular weight excluding hydrogens is 432 g/mol. The average molecular weight is 485 g/mol. The molecular formula is C36H52. The van der Waals surface area contributed by atoms with Crippen molar-refractivity contribution < 1.29 is 0 Å². The Morgan fingerprint density at radius 3 is 1.72 bits per heavy atom. The molecule has 1 atom stereocenters. The molecule has 0 nitrogen and oxygen atoms in total. The Morgan fingerprint density at radius 1 is 0.806 bits per heavy atom. The summed E-state index contributed by atoms with van der Waals surface area (Å²) in [4.78, 5) is 0. The van der Waals surface area contributed by atoms with E-state index in [9.17, 15) is 0 Å². The van der Waals surface area contributed by atoms with Gasteiger partial charge < -0.3 is 0 Å². The highest BCUT2D eigenvalue weighted by Crippen LogP contribution is 2.50. The zero-order chi connectivity index (χ0) is 27.9. The molecule has 0 spiro atoms. The second-order valence-electron chi connectivity index (χ2n) is 9.56. The molecule has 0 N–H and O–H groups in total. The third-order valence-electron chi connectivity index (χ3n) is 6.07. The highest BCUT2D eigenvalue weighted by Gasteiger charge is 2.41. The summed E-state index contributed by atoms with van der Waals surface area (Å²) in [6, 6.07) is 20.5. The van der Waals surface area contributed by atoms with Gasteiger partial charge in [-0.2, -0.15) is 0 Å².